The van der Waals surface area contributed by atoms with Crippen LogP contribution in [0.3, 0.4) is 0 Å². The van der Waals surface area contributed by atoms with Crippen LogP contribution in [0.5, 0.6) is 0 Å². The monoisotopic (exact) mass is 316 g/mol. The van der Waals surface area contributed by atoms with Gasteiger partial charge in [-0.15, -0.1) is 11.3 Å². The van der Waals surface area contributed by atoms with Gasteiger partial charge in [0.25, 0.3) is 0 Å². The van der Waals surface area contributed by atoms with Crippen molar-refractivity contribution in [2.45, 2.75) is 13.1 Å². The van der Waals surface area contributed by atoms with Gasteiger partial charge in [-0.1, -0.05) is 0 Å². The van der Waals surface area contributed by atoms with E-state index in [1.165, 1.54) is 10.9 Å². The fraction of sp³-hybridized carbons (Fsp3) is 0.200. The Labute approximate surface area is 110 Å². The van der Waals surface area contributed by atoms with Gasteiger partial charge in [0.15, 0.2) is 0 Å². The van der Waals surface area contributed by atoms with E-state index in [0.29, 0.717) is 18.8 Å². The van der Waals surface area contributed by atoms with E-state index in [1.807, 2.05) is 11.4 Å². The minimum Gasteiger partial charge on any atom is -0.404 e. The van der Waals surface area contributed by atoms with Gasteiger partial charge in [0.05, 0.1) is 12.6 Å². The Morgan fingerprint density at radius 3 is 2.88 bits per heavy atom. The number of nitrogens with one attached hydrogen (secondary N) is 1. The summed E-state index contributed by atoms with van der Waals surface area (Å²) in [5.41, 5.74) is 0. The summed E-state index contributed by atoms with van der Waals surface area (Å²) in [5, 5.41) is 15.6. The molecule has 0 aliphatic heterocycles. The summed E-state index contributed by atoms with van der Waals surface area (Å²) in [6, 6.07) is 5.00. The first kappa shape index (κ1) is 12.3. The lowest BCUT2D eigenvalue weighted by atomic mass is 10.4. The highest BCUT2D eigenvalue weighted by molar-refractivity contribution is 9.10. The summed E-state index contributed by atoms with van der Waals surface area (Å²) in [5.74, 6) is 0.341. The summed E-state index contributed by atoms with van der Waals surface area (Å²) < 4.78 is 6.08. The summed E-state index contributed by atoms with van der Waals surface area (Å²) in [7, 11) is 0. The second-order valence-electron chi connectivity index (χ2n) is 3.33. The van der Waals surface area contributed by atoms with Crippen molar-refractivity contribution in [2.75, 3.05) is 0 Å². The Hall–Kier alpha value is -1.18. The predicted molar refractivity (Wildman–Crippen MR) is 67.9 cm³/mol. The molecule has 0 saturated heterocycles. The maximum absolute atomic E-state index is 10.4. The van der Waals surface area contributed by atoms with Gasteiger partial charge in [-0.3, -0.25) is 10.1 Å². The van der Waals surface area contributed by atoms with Gasteiger partial charge in [-0.05, 0) is 28.1 Å². The third-order valence-corrected chi connectivity index (χ3v) is 3.75. The predicted octanol–water partition coefficient (Wildman–Crippen LogP) is 3.30. The van der Waals surface area contributed by atoms with Gasteiger partial charge in [-0.25, -0.2) is 0 Å². The zero-order valence-electron chi connectivity index (χ0n) is 8.68. The molecule has 0 bridgehead atoms. The molecule has 0 atom stereocenters. The van der Waals surface area contributed by atoms with E-state index < -0.39 is 4.92 Å². The molecule has 0 fully saturated rings. The van der Waals surface area contributed by atoms with Crippen molar-refractivity contribution >= 4 is 33.2 Å². The molecule has 0 aromatic carbocycles. The molecule has 2 heterocycles. The van der Waals surface area contributed by atoms with Gasteiger partial charge in [0, 0.05) is 21.3 Å². The quantitative estimate of drug-likeness (QED) is 0.678. The van der Waals surface area contributed by atoms with E-state index in [1.54, 1.807) is 17.4 Å². The zero-order chi connectivity index (χ0) is 12.3. The SMILES string of the molecule is O=[N+]([O-])c1ccc(CNCc2cc(Br)cs2)o1. The first-order valence-electron chi connectivity index (χ1n) is 4.82. The number of furan rings is 1. The minimum atomic E-state index is -0.542. The first-order chi connectivity index (χ1) is 8.15. The fourth-order valence-electron chi connectivity index (χ4n) is 1.32. The van der Waals surface area contributed by atoms with Crippen molar-refractivity contribution in [3.63, 3.8) is 0 Å². The lowest BCUT2D eigenvalue weighted by Gasteiger charge is -1.98. The van der Waals surface area contributed by atoms with E-state index in [2.05, 4.69) is 21.2 Å². The molecular weight excluding hydrogens is 308 g/mol. The van der Waals surface area contributed by atoms with Gasteiger partial charge in [0.2, 0.25) is 0 Å². The minimum absolute atomic E-state index is 0.222. The second kappa shape index (κ2) is 5.44. The highest BCUT2D eigenvalue weighted by atomic mass is 79.9. The Morgan fingerprint density at radius 2 is 2.29 bits per heavy atom. The molecule has 0 saturated carbocycles. The summed E-state index contributed by atoms with van der Waals surface area (Å²) in [6.07, 6.45) is 0. The molecule has 0 unspecified atom stereocenters. The third kappa shape index (κ3) is 3.39. The lowest BCUT2D eigenvalue weighted by molar-refractivity contribution is -0.402. The number of nitro groups is 1. The molecule has 7 heteroatoms. The average molecular weight is 317 g/mol. The molecular formula is C10H9BrN2O3S. The molecule has 0 aliphatic rings. The van der Waals surface area contributed by atoms with E-state index in [-0.39, 0.29) is 5.88 Å². The number of nitrogens with zero attached hydrogens (tertiary/aromatic N) is 1. The highest BCUT2D eigenvalue weighted by Gasteiger charge is 2.11. The van der Waals surface area contributed by atoms with E-state index in [4.69, 9.17) is 4.42 Å². The average Bonchev–Trinajstić information content (AvgIpc) is 2.88. The lowest BCUT2D eigenvalue weighted by Crippen LogP contribution is -2.10. The maximum atomic E-state index is 10.4. The van der Waals surface area contributed by atoms with Crippen LogP contribution in [0, 0.1) is 10.1 Å². The first-order valence-corrected chi connectivity index (χ1v) is 6.49. The van der Waals surface area contributed by atoms with Crippen LogP contribution in [0.1, 0.15) is 10.6 Å². The number of hydrogen-bond donors (Lipinski definition) is 1. The normalized spacial score (nSPS) is 10.6. The van der Waals surface area contributed by atoms with Crippen LogP contribution in [-0.4, -0.2) is 4.92 Å². The molecule has 5 nitrogen and oxygen atoms in total. The molecule has 2 aromatic heterocycles. The number of rotatable bonds is 5. The van der Waals surface area contributed by atoms with Crippen molar-refractivity contribution in [3.8, 4) is 0 Å². The standard InChI is InChI=1S/C10H9BrN2O3S/c11-7-3-9(17-6-7)5-12-4-8-1-2-10(16-8)13(14)15/h1-3,6,12H,4-5H2. The molecule has 2 rings (SSSR count). The second-order valence-corrected chi connectivity index (χ2v) is 5.24. The van der Waals surface area contributed by atoms with E-state index in [9.17, 15) is 10.1 Å². The summed E-state index contributed by atoms with van der Waals surface area (Å²) in [6.45, 7) is 1.19. The van der Waals surface area contributed by atoms with Crippen LogP contribution in [-0.2, 0) is 13.1 Å². The van der Waals surface area contributed by atoms with Crippen molar-refractivity contribution in [1.29, 1.82) is 0 Å². The van der Waals surface area contributed by atoms with Crippen molar-refractivity contribution in [3.05, 3.63) is 48.8 Å². The molecule has 0 aliphatic carbocycles. The number of thiophene rings is 1. The van der Waals surface area contributed by atoms with E-state index >= 15 is 0 Å². The van der Waals surface area contributed by atoms with Crippen molar-refractivity contribution < 1.29 is 9.34 Å². The molecule has 0 amide bonds. The van der Waals surface area contributed by atoms with Crippen molar-refractivity contribution in [1.82, 2.24) is 5.32 Å². The van der Waals surface area contributed by atoms with Crippen molar-refractivity contribution in [2.24, 2.45) is 0 Å². The number of halogens is 1. The highest BCUT2D eigenvalue weighted by Crippen LogP contribution is 2.20. The van der Waals surface area contributed by atoms with Crippen LogP contribution in [0.2, 0.25) is 0 Å². The van der Waals surface area contributed by atoms with Crippen LogP contribution >= 0.6 is 27.3 Å². The maximum Gasteiger partial charge on any atom is 0.433 e. The van der Waals surface area contributed by atoms with Crippen LogP contribution in [0.25, 0.3) is 0 Å². The summed E-state index contributed by atoms with van der Waals surface area (Å²) in [4.78, 5) is 11.1. The Bertz CT molecular complexity index is 523. The smallest absolute Gasteiger partial charge is 0.404 e. The third-order valence-electron chi connectivity index (χ3n) is 2.05. The molecule has 90 valence electrons. The van der Waals surface area contributed by atoms with Gasteiger partial charge >= 0.3 is 5.88 Å². The summed E-state index contributed by atoms with van der Waals surface area (Å²) >= 11 is 5.02. The van der Waals surface area contributed by atoms with Crippen LogP contribution < -0.4 is 5.32 Å². The molecule has 0 spiro atoms. The van der Waals surface area contributed by atoms with E-state index in [0.717, 1.165) is 4.47 Å². The zero-order valence-corrected chi connectivity index (χ0v) is 11.1. The largest absolute Gasteiger partial charge is 0.433 e. The Kier molecular flexibility index (Phi) is 3.93. The number of hydrogen-bond acceptors (Lipinski definition) is 5. The molecule has 17 heavy (non-hydrogen) atoms. The van der Waals surface area contributed by atoms with Gasteiger partial charge < -0.3 is 9.73 Å². The Balaban J connectivity index is 1.83. The fourth-order valence-corrected chi connectivity index (χ4v) is 2.74. The van der Waals surface area contributed by atoms with Crippen LogP contribution in [0.4, 0.5) is 5.88 Å². The molecule has 2 aromatic rings. The van der Waals surface area contributed by atoms with Gasteiger partial charge in [0.1, 0.15) is 10.7 Å². The topological polar surface area (TPSA) is 68.3 Å². The molecule has 0 radical (unpaired) electrons. The Morgan fingerprint density at radius 1 is 1.47 bits per heavy atom. The van der Waals surface area contributed by atoms with Crippen LogP contribution in [0.15, 0.2) is 32.5 Å². The van der Waals surface area contributed by atoms with Gasteiger partial charge in [-0.2, -0.15) is 0 Å². The molecule has 1 N–H and O–H groups in total.